The summed E-state index contributed by atoms with van der Waals surface area (Å²) in [6.07, 6.45) is 1.81. The zero-order chi connectivity index (χ0) is 13.8. The SMILES string of the molecule is C=CCNc1nc2cc(C)ccc2n1CCC(=O)O. The van der Waals surface area contributed by atoms with E-state index in [4.69, 9.17) is 5.11 Å². The minimum atomic E-state index is -0.816. The molecular formula is C14H17N3O2. The van der Waals surface area contributed by atoms with Crippen LogP contribution in [-0.4, -0.2) is 27.2 Å². The third kappa shape index (κ3) is 2.93. The third-order valence-electron chi connectivity index (χ3n) is 2.86. The molecule has 0 aliphatic heterocycles. The fraction of sp³-hybridized carbons (Fsp3) is 0.286. The number of fused-ring (bicyclic) bond motifs is 1. The molecule has 2 aromatic rings. The lowest BCUT2D eigenvalue weighted by atomic mass is 10.2. The summed E-state index contributed by atoms with van der Waals surface area (Å²) in [5, 5.41) is 12.0. The molecule has 0 aliphatic rings. The minimum absolute atomic E-state index is 0.0715. The van der Waals surface area contributed by atoms with Gasteiger partial charge in [0.2, 0.25) is 5.95 Å². The van der Waals surface area contributed by atoms with Crippen molar-refractivity contribution in [3.63, 3.8) is 0 Å². The average Bonchev–Trinajstić information content (AvgIpc) is 2.70. The predicted molar refractivity (Wildman–Crippen MR) is 75.4 cm³/mol. The van der Waals surface area contributed by atoms with Crippen LogP contribution in [0.4, 0.5) is 5.95 Å². The van der Waals surface area contributed by atoms with E-state index in [1.165, 1.54) is 0 Å². The fourth-order valence-corrected chi connectivity index (χ4v) is 1.97. The maximum atomic E-state index is 10.7. The summed E-state index contributed by atoms with van der Waals surface area (Å²) >= 11 is 0. The first-order valence-electron chi connectivity index (χ1n) is 6.15. The van der Waals surface area contributed by atoms with Gasteiger partial charge >= 0.3 is 5.97 Å². The maximum absolute atomic E-state index is 10.7. The quantitative estimate of drug-likeness (QED) is 0.782. The van der Waals surface area contributed by atoms with Crippen LogP contribution in [0.15, 0.2) is 30.9 Å². The Balaban J connectivity index is 2.41. The van der Waals surface area contributed by atoms with E-state index in [1.807, 2.05) is 29.7 Å². The van der Waals surface area contributed by atoms with E-state index in [2.05, 4.69) is 16.9 Å². The number of nitrogens with zero attached hydrogens (tertiary/aromatic N) is 2. The van der Waals surface area contributed by atoms with Gasteiger partial charge < -0.3 is 15.0 Å². The lowest BCUT2D eigenvalue weighted by Crippen LogP contribution is -2.10. The highest BCUT2D eigenvalue weighted by Gasteiger charge is 2.11. The summed E-state index contributed by atoms with van der Waals surface area (Å²) in [5.41, 5.74) is 2.95. The van der Waals surface area contributed by atoms with Gasteiger partial charge in [0.05, 0.1) is 17.5 Å². The number of imidazole rings is 1. The molecule has 0 spiro atoms. The van der Waals surface area contributed by atoms with Crippen LogP contribution in [0.2, 0.25) is 0 Å². The van der Waals surface area contributed by atoms with Crippen molar-refractivity contribution in [3.05, 3.63) is 36.4 Å². The summed E-state index contributed by atoms with van der Waals surface area (Å²) in [6, 6.07) is 5.96. The summed E-state index contributed by atoms with van der Waals surface area (Å²) in [5.74, 6) is -0.134. The van der Waals surface area contributed by atoms with Crippen LogP contribution < -0.4 is 5.32 Å². The zero-order valence-corrected chi connectivity index (χ0v) is 10.9. The molecule has 1 heterocycles. The summed E-state index contributed by atoms with van der Waals surface area (Å²) in [4.78, 5) is 15.2. The number of hydrogen-bond acceptors (Lipinski definition) is 3. The Kier molecular flexibility index (Phi) is 3.85. The molecule has 0 fully saturated rings. The molecule has 0 radical (unpaired) electrons. The molecule has 0 saturated heterocycles. The van der Waals surface area contributed by atoms with Crippen molar-refractivity contribution >= 4 is 23.0 Å². The Morgan fingerprint density at radius 3 is 3.05 bits per heavy atom. The Morgan fingerprint density at radius 2 is 2.37 bits per heavy atom. The molecule has 5 nitrogen and oxygen atoms in total. The van der Waals surface area contributed by atoms with Crippen molar-refractivity contribution in [2.75, 3.05) is 11.9 Å². The Hall–Kier alpha value is -2.30. The van der Waals surface area contributed by atoms with Gasteiger partial charge in [0, 0.05) is 13.1 Å². The normalized spacial score (nSPS) is 10.6. The number of benzene rings is 1. The highest BCUT2D eigenvalue weighted by atomic mass is 16.4. The highest BCUT2D eigenvalue weighted by Crippen LogP contribution is 2.21. The molecule has 5 heteroatoms. The molecule has 0 unspecified atom stereocenters. The van der Waals surface area contributed by atoms with E-state index in [1.54, 1.807) is 6.08 Å². The molecule has 1 aromatic carbocycles. The van der Waals surface area contributed by atoms with E-state index in [0.717, 1.165) is 16.6 Å². The molecule has 0 amide bonds. The smallest absolute Gasteiger partial charge is 0.305 e. The molecule has 1 aromatic heterocycles. The number of aryl methyl sites for hydroxylation is 2. The van der Waals surface area contributed by atoms with Gasteiger partial charge in [-0.05, 0) is 24.6 Å². The topological polar surface area (TPSA) is 67.2 Å². The second-order valence-electron chi connectivity index (χ2n) is 4.39. The third-order valence-corrected chi connectivity index (χ3v) is 2.86. The number of carboxylic acids is 1. The molecule has 0 atom stereocenters. The first-order chi connectivity index (χ1) is 9.11. The zero-order valence-electron chi connectivity index (χ0n) is 10.9. The van der Waals surface area contributed by atoms with Crippen LogP contribution in [0.3, 0.4) is 0 Å². The number of rotatable bonds is 6. The van der Waals surface area contributed by atoms with Crippen LogP contribution in [-0.2, 0) is 11.3 Å². The molecule has 2 rings (SSSR count). The molecule has 0 bridgehead atoms. The minimum Gasteiger partial charge on any atom is -0.481 e. The van der Waals surface area contributed by atoms with Crippen molar-refractivity contribution < 1.29 is 9.90 Å². The number of carbonyl (C=O) groups is 1. The Bertz CT molecular complexity index is 616. The lowest BCUT2D eigenvalue weighted by molar-refractivity contribution is -0.137. The van der Waals surface area contributed by atoms with Crippen LogP contribution >= 0.6 is 0 Å². The van der Waals surface area contributed by atoms with Crippen LogP contribution in [0.25, 0.3) is 11.0 Å². The van der Waals surface area contributed by atoms with E-state index in [0.29, 0.717) is 19.0 Å². The first kappa shape index (κ1) is 13.1. The van der Waals surface area contributed by atoms with Gasteiger partial charge in [-0.25, -0.2) is 4.98 Å². The van der Waals surface area contributed by atoms with Gasteiger partial charge in [-0.2, -0.15) is 0 Å². The largest absolute Gasteiger partial charge is 0.481 e. The standard InChI is InChI=1S/C14H17N3O2/c1-3-7-15-14-16-11-9-10(2)4-5-12(11)17(14)8-6-13(18)19/h3-5,9H,1,6-8H2,2H3,(H,15,16)(H,18,19). The van der Waals surface area contributed by atoms with Gasteiger partial charge in [-0.1, -0.05) is 12.1 Å². The number of nitrogens with one attached hydrogen (secondary N) is 1. The fourth-order valence-electron chi connectivity index (χ4n) is 1.97. The van der Waals surface area contributed by atoms with Crippen molar-refractivity contribution in [1.29, 1.82) is 0 Å². The number of aliphatic carboxylic acids is 1. The highest BCUT2D eigenvalue weighted by molar-refractivity contribution is 5.79. The van der Waals surface area contributed by atoms with E-state index in [9.17, 15) is 4.79 Å². The summed E-state index contributed by atoms with van der Waals surface area (Å²) in [7, 11) is 0. The van der Waals surface area contributed by atoms with E-state index < -0.39 is 5.97 Å². The Labute approximate surface area is 111 Å². The molecule has 0 saturated carbocycles. The number of carboxylic acid groups (broad SMARTS) is 1. The van der Waals surface area contributed by atoms with Crippen molar-refractivity contribution in [3.8, 4) is 0 Å². The summed E-state index contributed by atoms with van der Waals surface area (Å²) < 4.78 is 1.90. The van der Waals surface area contributed by atoms with Gasteiger partial charge in [0.15, 0.2) is 0 Å². The number of aromatic nitrogens is 2. The first-order valence-corrected chi connectivity index (χ1v) is 6.15. The van der Waals surface area contributed by atoms with Crippen molar-refractivity contribution in [2.45, 2.75) is 19.9 Å². The molecule has 100 valence electrons. The predicted octanol–water partition coefficient (Wildman–Crippen LogP) is 2.42. The molecule has 2 N–H and O–H groups in total. The Morgan fingerprint density at radius 1 is 1.58 bits per heavy atom. The van der Waals surface area contributed by atoms with E-state index in [-0.39, 0.29) is 6.42 Å². The van der Waals surface area contributed by atoms with Gasteiger partial charge in [0.25, 0.3) is 0 Å². The van der Waals surface area contributed by atoms with Gasteiger partial charge in [0.1, 0.15) is 0 Å². The van der Waals surface area contributed by atoms with Crippen molar-refractivity contribution in [2.24, 2.45) is 0 Å². The molecular weight excluding hydrogens is 242 g/mol. The molecule has 0 aliphatic carbocycles. The maximum Gasteiger partial charge on any atom is 0.305 e. The van der Waals surface area contributed by atoms with Crippen LogP contribution in [0.1, 0.15) is 12.0 Å². The second-order valence-corrected chi connectivity index (χ2v) is 4.39. The monoisotopic (exact) mass is 259 g/mol. The van der Waals surface area contributed by atoms with Crippen LogP contribution in [0, 0.1) is 6.92 Å². The second kappa shape index (κ2) is 5.56. The van der Waals surface area contributed by atoms with Gasteiger partial charge in [-0.15, -0.1) is 6.58 Å². The number of anilines is 1. The van der Waals surface area contributed by atoms with E-state index >= 15 is 0 Å². The average molecular weight is 259 g/mol. The number of hydrogen-bond donors (Lipinski definition) is 2. The van der Waals surface area contributed by atoms with Crippen LogP contribution in [0.5, 0.6) is 0 Å². The lowest BCUT2D eigenvalue weighted by Gasteiger charge is -2.08. The summed E-state index contributed by atoms with van der Waals surface area (Å²) in [6.45, 7) is 6.65. The molecule has 19 heavy (non-hydrogen) atoms. The van der Waals surface area contributed by atoms with Gasteiger partial charge in [-0.3, -0.25) is 4.79 Å². The van der Waals surface area contributed by atoms with Crippen molar-refractivity contribution in [1.82, 2.24) is 9.55 Å².